The van der Waals surface area contributed by atoms with Crippen molar-refractivity contribution in [3.8, 4) is 0 Å². The van der Waals surface area contributed by atoms with Gasteiger partial charge in [-0.1, -0.05) is 37.1 Å². The molecule has 3 rings (SSSR count). The number of rotatable bonds is 3. The fraction of sp³-hybridized carbons (Fsp3) is 0.562. The van der Waals surface area contributed by atoms with E-state index in [4.69, 9.17) is 5.73 Å². The average Bonchev–Trinajstić information content (AvgIpc) is 2.97. The second-order valence-electron chi connectivity index (χ2n) is 6.10. The van der Waals surface area contributed by atoms with Crippen molar-refractivity contribution < 1.29 is 4.79 Å². The fourth-order valence-corrected chi connectivity index (χ4v) is 3.53. The number of fused-ring (bicyclic) bond motifs is 1. The molecule has 0 aromatic heterocycles. The molecule has 1 fully saturated rings. The van der Waals surface area contributed by atoms with Gasteiger partial charge in [0.15, 0.2) is 0 Å². The van der Waals surface area contributed by atoms with E-state index in [1.165, 1.54) is 11.1 Å². The van der Waals surface area contributed by atoms with Crippen LogP contribution in [0.5, 0.6) is 0 Å². The van der Waals surface area contributed by atoms with Crippen LogP contribution < -0.4 is 11.1 Å². The highest BCUT2D eigenvalue weighted by atomic mass is 16.1. The summed E-state index contributed by atoms with van der Waals surface area (Å²) in [5, 5.41) is 3.17. The molecular weight excluding hydrogens is 236 g/mol. The molecule has 1 aromatic rings. The number of amides is 1. The second-order valence-corrected chi connectivity index (χ2v) is 6.10. The van der Waals surface area contributed by atoms with Gasteiger partial charge in [-0.15, -0.1) is 0 Å². The molecule has 2 aliphatic carbocycles. The molecule has 0 heterocycles. The molecule has 102 valence electrons. The molecule has 1 aromatic carbocycles. The van der Waals surface area contributed by atoms with Gasteiger partial charge in [-0.25, -0.2) is 0 Å². The minimum absolute atomic E-state index is 0.117. The van der Waals surface area contributed by atoms with Crippen LogP contribution in [0.2, 0.25) is 0 Å². The predicted molar refractivity (Wildman–Crippen MR) is 75.7 cm³/mol. The summed E-state index contributed by atoms with van der Waals surface area (Å²) in [7, 11) is 0. The Labute approximate surface area is 114 Å². The van der Waals surface area contributed by atoms with Crippen LogP contribution in [0.15, 0.2) is 24.3 Å². The van der Waals surface area contributed by atoms with Crippen molar-refractivity contribution in [1.29, 1.82) is 0 Å². The van der Waals surface area contributed by atoms with E-state index in [2.05, 4.69) is 23.5 Å². The van der Waals surface area contributed by atoms with Crippen LogP contribution in [0.4, 0.5) is 0 Å². The van der Waals surface area contributed by atoms with Crippen molar-refractivity contribution >= 4 is 5.91 Å². The molecule has 1 unspecified atom stereocenters. The fourth-order valence-electron chi connectivity index (χ4n) is 3.53. The van der Waals surface area contributed by atoms with E-state index in [1.54, 1.807) is 0 Å². The SMILES string of the molecule is NC1(CC(=O)NC2CCc3ccccc32)CCCC1. The van der Waals surface area contributed by atoms with Crippen LogP contribution in [0.1, 0.15) is 55.7 Å². The number of carbonyl (C=O) groups is 1. The van der Waals surface area contributed by atoms with Crippen molar-refractivity contribution in [2.75, 3.05) is 0 Å². The third kappa shape index (κ3) is 2.66. The van der Waals surface area contributed by atoms with Crippen LogP contribution in [0.25, 0.3) is 0 Å². The van der Waals surface area contributed by atoms with Gasteiger partial charge in [-0.05, 0) is 36.8 Å². The third-order valence-corrected chi connectivity index (χ3v) is 4.58. The minimum atomic E-state index is -0.248. The van der Waals surface area contributed by atoms with Crippen LogP contribution in [0, 0.1) is 0 Å². The van der Waals surface area contributed by atoms with E-state index in [1.807, 2.05) is 6.07 Å². The van der Waals surface area contributed by atoms with Gasteiger partial charge in [0, 0.05) is 12.0 Å². The first-order valence-electron chi connectivity index (χ1n) is 7.32. The topological polar surface area (TPSA) is 55.1 Å². The van der Waals surface area contributed by atoms with E-state index in [0.29, 0.717) is 6.42 Å². The Morgan fingerprint density at radius 1 is 1.32 bits per heavy atom. The lowest BCUT2D eigenvalue weighted by atomic mass is 9.94. The highest BCUT2D eigenvalue weighted by molar-refractivity contribution is 5.78. The molecule has 3 nitrogen and oxygen atoms in total. The van der Waals surface area contributed by atoms with Gasteiger partial charge in [0.2, 0.25) is 5.91 Å². The second kappa shape index (κ2) is 4.97. The smallest absolute Gasteiger partial charge is 0.222 e. The van der Waals surface area contributed by atoms with Gasteiger partial charge in [0.05, 0.1) is 6.04 Å². The van der Waals surface area contributed by atoms with Gasteiger partial charge < -0.3 is 11.1 Å². The number of hydrogen-bond donors (Lipinski definition) is 2. The molecule has 1 saturated carbocycles. The molecule has 1 amide bonds. The number of hydrogen-bond acceptors (Lipinski definition) is 2. The monoisotopic (exact) mass is 258 g/mol. The van der Waals surface area contributed by atoms with Gasteiger partial charge in [-0.2, -0.15) is 0 Å². The summed E-state index contributed by atoms with van der Waals surface area (Å²) in [6.07, 6.45) is 6.86. The maximum Gasteiger partial charge on any atom is 0.222 e. The Hall–Kier alpha value is -1.35. The number of carbonyl (C=O) groups excluding carboxylic acids is 1. The average molecular weight is 258 g/mol. The van der Waals surface area contributed by atoms with E-state index >= 15 is 0 Å². The standard InChI is InChI=1S/C16H22N2O/c17-16(9-3-4-10-16)11-15(19)18-14-8-7-12-5-1-2-6-13(12)14/h1-2,5-6,14H,3-4,7-11,17H2,(H,18,19). The molecular formula is C16H22N2O. The van der Waals surface area contributed by atoms with Gasteiger partial charge in [0.1, 0.15) is 0 Å². The molecule has 0 radical (unpaired) electrons. The summed E-state index contributed by atoms with van der Waals surface area (Å²) in [6.45, 7) is 0. The first-order chi connectivity index (χ1) is 9.16. The summed E-state index contributed by atoms with van der Waals surface area (Å²) in [6, 6.07) is 8.58. The lowest BCUT2D eigenvalue weighted by Crippen LogP contribution is -2.42. The van der Waals surface area contributed by atoms with Crippen molar-refractivity contribution in [2.24, 2.45) is 5.73 Å². The van der Waals surface area contributed by atoms with Crippen molar-refractivity contribution in [2.45, 2.75) is 56.5 Å². The zero-order valence-corrected chi connectivity index (χ0v) is 11.3. The quantitative estimate of drug-likeness (QED) is 0.875. The van der Waals surface area contributed by atoms with Crippen molar-refractivity contribution in [3.63, 3.8) is 0 Å². The zero-order chi connectivity index (χ0) is 13.3. The first kappa shape index (κ1) is 12.7. The van der Waals surface area contributed by atoms with E-state index in [0.717, 1.165) is 38.5 Å². The molecule has 3 N–H and O–H groups in total. The largest absolute Gasteiger partial charge is 0.349 e. The summed E-state index contributed by atoms with van der Waals surface area (Å²) in [5.74, 6) is 0.117. The lowest BCUT2D eigenvalue weighted by Gasteiger charge is -2.24. The highest BCUT2D eigenvalue weighted by Crippen LogP contribution is 2.33. The Kier molecular flexibility index (Phi) is 3.31. The molecule has 0 saturated heterocycles. The molecule has 2 aliphatic rings. The van der Waals surface area contributed by atoms with E-state index in [-0.39, 0.29) is 17.5 Å². The Morgan fingerprint density at radius 2 is 2.05 bits per heavy atom. The Bertz CT molecular complexity index is 477. The molecule has 0 aliphatic heterocycles. The summed E-state index contributed by atoms with van der Waals surface area (Å²) in [5.41, 5.74) is 8.68. The Morgan fingerprint density at radius 3 is 2.84 bits per heavy atom. The Balaban J connectivity index is 1.62. The van der Waals surface area contributed by atoms with E-state index < -0.39 is 0 Å². The number of nitrogens with one attached hydrogen (secondary N) is 1. The summed E-state index contributed by atoms with van der Waals surface area (Å²) in [4.78, 5) is 12.2. The molecule has 0 spiro atoms. The number of aryl methyl sites for hydroxylation is 1. The van der Waals surface area contributed by atoms with Gasteiger partial charge >= 0.3 is 0 Å². The van der Waals surface area contributed by atoms with Crippen LogP contribution in [-0.2, 0) is 11.2 Å². The molecule has 1 atom stereocenters. The van der Waals surface area contributed by atoms with Crippen LogP contribution >= 0.6 is 0 Å². The summed E-state index contributed by atoms with van der Waals surface area (Å²) < 4.78 is 0. The zero-order valence-electron chi connectivity index (χ0n) is 11.3. The van der Waals surface area contributed by atoms with Crippen LogP contribution in [0.3, 0.4) is 0 Å². The maximum absolute atomic E-state index is 12.2. The van der Waals surface area contributed by atoms with Gasteiger partial charge in [-0.3, -0.25) is 4.79 Å². The third-order valence-electron chi connectivity index (χ3n) is 4.58. The maximum atomic E-state index is 12.2. The first-order valence-corrected chi connectivity index (χ1v) is 7.32. The molecule has 0 bridgehead atoms. The number of nitrogens with two attached hydrogens (primary N) is 1. The van der Waals surface area contributed by atoms with Crippen LogP contribution in [-0.4, -0.2) is 11.4 Å². The van der Waals surface area contributed by atoms with Crippen molar-refractivity contribution in [1.82, 2.24) is 5.32 Å². The molecule has 3 heteroatoms. The van der Waals surface area contributed by atoms with E-state index in [9.17, 15) is 4.79 Å². The summed E-state index contributed by atoms with van der Waals surface area (Å²) >= 11 is 0. The molecule has 19 heavy (non-hydrogen) atoms. The predicted octanol–water partition coefficient (Wildman–Crippen LogP) is 2.45. The highest BCUT2D eigenvalue weighted by Gasteiger charge is 2.33. The van der Waals surface area contributed by atoms with Crippen molar-refractivity contribution in [3.05, 3.63) is 35.4 Å². The number of benzene rings is 1. The minimum Gasteiger partial charge on any atom is -0.349 e. The van der Waals surface area contributed by atoms with Gasteiger partial charge in [0.25, 0.3) is 0 Å². The lowest BCUT2D eigenvalue weighted by molar-refractivity contribution is -0.123. The normalized spacial score (nSPS) is 24.2.